The zero-order valence-electron chi connectivity index (χ0n) is 9.12. The van der Waals surface area contributed by atoms with Gasteiger partial charge in [-0.3, -0.25) is 4.98 Å². The van der Waals surface area contributed by atoms with E-state index in [1.54, 1.807) is 0 Å². The molecule has 1 heterocycles. The highest BCUT2D eigenvalue weighted by atomic mass is 19.4. The van der Waals surface area contributed by atoms with E-state index in [2.05, 4.69) is 4.98 Å². The molecule has 1 rings (SSSR count). The van der Waals surface area contributed by atoms with Crippen molar-refractivity contribution in [3.8, 4) is 0 Å². The molecule has 1 aromatic heterocycles. The van der Waals surface area contributed by atoms with Gasteiger partial charge >= 0.3 is 6.18 Å². The van der Waals surface area contributed by atoms with Crippen molar-refractivity contribution >= 4 is 0 Å². The lowest BCUT2D eigenvalue weighted by atomic mass is 10.0. The maximum atomic E-state index is 12.2. The van der Waals surface area contributed by atoms with Crippen LogP contribution in [0.1, 0.15) is 37.6 Å². The molecule has 2 nitrogen and oxygen atoms in total. The molecule has 1 N–H and O–H groups in total. The highest BCUT2D eigenvalue weighted by Crippen LogP contribution is 2.29. The van der Waals surface area contributed by atoms with Gasteiger partial charge < -0.3 is 5.11 Å². The van der Waals surface area contributed by atoms with Gasteiger partial charge in [0.25, 0.3) is 0 Å². The Kier molecular flexibility index (Phi) is 3.91. The fraction of sp³-hybridized carbons (Fsp3) is 0.545. The molecule has 1 atom stereocenters. The molecule has 0 aliphatic heterocycles. The SMILES string of the molecule is CC(C)CC(O)c1ccc(C(F)(F)F)cn1. The van der Waals surface area contributed by atoms with Crippen LogP contribution in [0.25, 0.3) is 0 Å². The van der Waals surface area contributed by atoms with Crippen LogP contribution in [-0.2, 0) is 6.18 Å². The van der Waals surface area contributed by atoms with Crippen LogP contribution in [0, 0.1) is 5.92 Å². The molecular weight excluding hydrogens is 219 g/mol. The van der Waals surface area contributed by atoms with Gasteiger partial charge in [-0.25, -0.2) is 0 Å². The van der Waals surface area contributed by atoms with Crippen LogP contribution in [0.15, 0.2) is 18.3 Å². The number of hydrogen-bond acceptors (Lipinski definition) is 2. The lowest BCUT2D eigenvalue weighted by Gasteiger charge is -2.13. The molecule has 0 aliphatic carbocycles. The summed E-state index contributed by atoms with van der Waals surface area (Å²) in [5.41, 5.74) is -0.519. The average Bonchev–Trinajstić information content (AvgIpc) is 2.15. The first-order valence-electron chi connectivity index (χ1n) is 5.02. The van der Waals surface area contributed by atoms with Crippen LogP contribution in [0.4, 0.5) is 13.2 Å². The van der Waals surface area contributed by atoms with E-state index in [4.69, 9.17) is 0 Å². The number of aliphatic hydroxyl groups excluding tert-OH is 1. The fourth-order valence-electron chi connectivity index (χ4n) is 1.34. The Morgan fingerprint density at radius 2 is 1.94 bits per heavy atom. The Balaban J connectivity index is 2.79. The minimum Gasteiger partial charge on any atom is -0.387 e. The predicted molar refractivity (Wildman–Crippen MR) is 53.7 cm³/mol. The molecule has 0 spiro atoms. The molecule has 0 saturated heterocycles. The second kappa shape index (κ2) is 4.82. The smallest absolute Gasteiger partial charge is 0.387 e. The quantitative estimate of drug-likeness (QED) is 0.869. The molecule has 0 bridgehead atoms. The molecule has 1 aromatic rings. The van der Waals surface area contributed by atoms with Gasteiger partial charge in [0.1, 0.15) is 0 Å². The summed E-state index contributed by atoms with van der Waals surface area (Å²) in [6, 6.07) is 2.15. The van der Waals surface area contributed by atoms with Crippen molar-refractivity contribution < 1.29 is 18.3 Å². The fourth-order valence-corrected chi connectivity index (χ4v) is 1.34. The average molecular weight is 233 g/mol. The van der Waals surface area contributed by atoms with Crippen LogP contribution in [-0.4, -0.2) is 10.1 Å². The maximum Gasteiger partial charge on any atom is 0.417 e. The number of nitrogens with zero attached hydrogens (tertiary/aromatic N) is 1. The van der Waals surface area contributed by atoms with E-state index in [9.17, 15) is 18.3 Å². The van der Waals surface area contributed by atoms with Crippen molar-refractivity contribution in [2.24, 2.45) is 5.92 Å². The third kappa shape index (κ3) is 3.48. The van der Waals surface area contributed by atoms with E-state index in [0.717, 1.165) is 12.3 Å². The van der Waals surface area contributed by atoms with E-state index in [0.29, 0.717) is 6.42 Å². The molecule has 0 aromatic carbocycles. The third-order valence-corrected chi connectivity index (χ3v) is 2.15. The minimum atomic E-state index is -4.38. The molecule has 90 valence electrons. The lowest BCUT2D eigenvalue weighted by molar-refractivity contribution is -0.137. The van der Waals surface area contributed by atoms with Crippen molar-refractivity contribution in [2.75, 3.05) is 0 Å². The minimum absolute atomic E-state index is 0.263. The molecule has 5 heteroatoms. The van der Waals surface area contributed by atoms with Gasteiger partial charge in [-0.2, -0.15) is 13.2 Å². The molecule has 0 amide bonds. The van der Waals surface area contributed by atoms with Gasteiger partial charge in [0.15, 0.2) is 0 Å². The molecule has 0 saturated carbocycles. The maximum absolute atomic E-state index is 12.2. The van der Waals surface area contributed by atoms with E-state index in [1.807, 2.05) is 13.8 Å². The van der Waals surface area contributed by atoms with Crippen molar-refractivity contribution in [3.05, 3.63) is 29.6 Å². The number of rotatable bonds is 3. The topological polar surface area (TPSA) is 33.1 Å². The van der Waals surface area contributed by atoms with E-state index >= 15 is 0 Å². The Morgan fingerprint density at radius 3 is 2.31 bits per heavy atom. The lowest BCUT2D eigenvalue weighted by Crippen LogP contribution is -2.08. The van der Waals surface area contributed by atoms with Crippen LogP contribution < -0.4 is 0 Å². The molecule has 0 aliphatic rings. The molecule has 0 fully saturated rings. The van der Waals surface area contributed by atoms with Gasteiger partial charge in [-0.05, 0) is 24.5 Å². The van der Waals surface area contributed by atoms with Gasteiger partial charge in [0.2, 0.25) is 0 Å². The summed E-state index contributed by atoms with van der Waals surface area (Å²) >= 11 is 0. The number of alkyl halides is 3. The number of hydrogen-bond donors (Lipinski definition) is 1. The summed E-state index contributed by atoms with van der Waals surface area (Å²) in [7, 11) is 0. The molecule has 0 radical (unpaired) electrons. The summed E-state index contributed by atoms with van der Waals surface area (Å²) in [4.78, 5) is 3.63. The van der Waals surface area contributed by atoms with E-state index < -0.39 is 17.8 Å². The van der Waals surface area contributed by atoms with Crippen molar-refractivity contribution in [1.82, 2.24) is 4.98 Å². The number of aliphatic hydroxyl groups is 1. The Labute approximate surface area is 92.1 Å². The van der Waals surface area contributed by atoms with Gasteiger partial charge in [0.05, 0.1) is 17.4 Å². The second-order valence-corrected chi connectivity index (χ2v) is 4.11. The Bertz CT molecular complexity index is 332. The second-order valence-electron chi connectivity index (χ2n) is 4.11. The summed E-state index contributed by atoms with van der Waals surface area (Å²) < 4.78 is 36.7. The van der Waals surface area contributed by atoms with E-state index in [1.165, 1.54) is 6.07 Å². The predicted octanol–water partition coefficient (Wildman–Crippen LogP) is 3.18. The normalized spacial score (nSPS) is 14.2. The van der Waals surface area contributed by atoms with Crippen LogP contribution in [0.3, 0.4) is 0 Å². The highest BCUT2D eigenvalue weighted by Gasteiger charge is 2.30. The van der Waals surface area contributed by atoms with Crippen LogP contribution in [0.2, 0.25) is 0 Å². The first-order chi connectivity index (χ1) is 7.30. The molecular formula is C11H14F3NO. The zero-order chi connectivity index (χ0) is 12.3. The standard InChI is InChI=1S/C11H14F3NO/c1-7(2)5-10(16)9-4-3-8(6-15-9)11(12,13)14/h3-4,6-7,10,16H,5H2,1-2H3. The first-order valence-corrected chi connectivity index (χ1v) is 5.02. The molecule has 16 heavy (non-hydrogen) atoms. The number of halogens is 3. The van der Waals surface area contributed by atoms with Gasteiger partial charge in [0, 0.05) is 6.20 Å². The summed E-state index contributed by atoms with van der Waals surface area (Å²) in [5, 5.41) is 9.64. The first kappa shape index (κ1) is 13.0. The Morgan fingerprint density at radius 1 is 1.31 bits per heavy atom. The van der Waals surface area contributed by atoms with Gasteiger partial charge in [-0.15, -0.1) is 0 Å². The number of pyridine rings is 1. The van der Waals surface area contributed by atoms with Crippen LogP contribution >= 0.6 is 0 Å². The third-order valence-electron chi connectivity index (χ3n) is 2.15. The summed E-state index contributed by atoms with van der Waals surface area (Å²) in [5.74, 6) is 0.263. The largest absolute Gasteiger partial charge is 0.417 e. The van der Waals surface area contributed by atoms with Gasteiger partial charge in [-0.1, -0.05) is 13.8 Å². The van der Waals surface area contributed by atoms with Crippen molar-refractivity contribution in [2.45, 2.75) is 32.5 Å². The summed E-state index contributed by atoms with van der Waals surface area (Å²) in [6.45, 7) is 3.85. The van der Waals surface area contributed by atoms with E-state index in [-0.39, 0.29) is 11.6 Å². The number of aromatic nitrogens is 1. The van der Waals surface area contributed by atoms with Crippen LogP contribution in [0.5, 0.6) is 0 Å². The Hall–Kier alpha value is -1.10. The monoisotopic (exact) mass is 233 g/mol. The van der Waals surface area contributed by atoms with Crippen molar-refractivity contribution in [3.63, 3.8) is 0 Å². The summed E-state index contributed by atoms with van der Waals surface area (Å²) in [6.07, 6.45) is -3.95. The highest BCUT2D eigenvalue weighted by molar-refractivity contribution is 5.18. The zero-order valence-corrected chi connectivity index (χ0v) is 9.12. The molecule has 1 unspecified atom stereocenters. The van der Waals surface area contributed by atoms with Crippen molar-refractivity contribution in [1.29, 1.82) is 0 Å².